The summed E-state index contributed by atoms with van der Waals surface area (Å²) in [5.74, 6) is 0.575. The van der Waals surface area contributed by atoms with E-state index in [9.17, 15) is 4.79 Å². The average molecular weight is 280 g/mol. The summed E-state index contributed by atoms with van der Waals surface area (Å²) in [6.45, 7) is 0. The van der Waals surface area contributed by atoms with E-state index in [-0.39, 0.29) is 5.56 Å². The van der Waals surface area contributed by atoms with E-state index in [0.29, 0.717) is 5.82 Å². The quantitative estimate of drug-likeness (QED) is 0.781. The van der Waals surface area contributed by atoms with E-state index in [1.807, 2.05) is 30.3 Å². The molecule has 0 aliphatic rings. The standard InChI is InChI=1S/C16H16N4O/c1-19-10-14(13-9-18-20(2)16(13)17)12(8-15(19)21)11-6-4-3-5-7-11/h3-10H,17H2,1-2H3. The molecule has 0 atom stereocenters. The molecule has 0 saturated heterocycles. The van der Waals surface area contributed by atoms with Crippen molar-refractivity contribution in [2.45, 2.75) is 0 Å². The molecular weight excluding hydrogens is 264 g/mol. The van der Waals surface area contributed by atoms with E-state index in [1.165, 1.54) is 0 Å². The maximum Gasteiger partial charge on any atom is 0.250 e. The summed E-state index contributed by atoms with van der Waals surface area (Å²) in [7, 11) is 3.52. The highest BCUT2D eigenvalue weighted by Gasteiger charge is 2.14. The number of nitrogens with zero attached hydrogens (tertiary/aromatic N) is 3. The van der Waals surface area contributed by atoms with Crippen molar-refractivity contribution in [1.82, 2.24) is 14.3 Å². The van der Waals surface area contributed by atoms with Gasteiger partial charge in [-0.3, -0.25) is 9.48 Å². The van der Waals surface area contributed by atoms with Crippen LogP contribution in [0.1, 0.15) is 0 Å². The molecule has 1 aromatic carbocycles. The predicted molar refractivity (Wildman–Crippen MR) is 83.7 cm³/mol. The molecule has 21 heavy (non-hydrogen) atoms. The molecule has 5 heteroatoms. The molecule has 3 aromatic rings. The molecule has 2 aromatic heterocycles. The average Bonchev–Trinajstić information content (AvgIpc) is 2.82. The molecule has 0 spiro atoms. The largest absolute Gasteiger partial charge is 0.383 e. The maximum absolute atomic E-state index is 12.0. The van der Waals surface area contributed by atoms with Crippen molar-refractivity contribution in [3.63, 3.8) is 0 Å². The normalized spacial score (nSPS) is 10.8. The van der Waals surface area contributed by atoms with Gasteiger partial charge in [-0.05, 0) is 11.1 Å². The van der Waals surface area contributed by atoms with Crippen LogP contribution in [0, 0.1) is 0 Å². The van der Waals surface area contributed by atoms with Crippen molar-refractivity contribution in [2.75, 3.05) is 5.73 Å². The molecule has 0 fully saturated rings. The van der Waals surface area contributed by atoms with Crippen LogP contribution in [0.25, 0.3) is 22.3 Å². The highest BCUT2D eigenvalue weighted by molar-refractivity contribution is 5.86. The Morgan fingerprint density at radius 3 is 2.38 bits per heavy atom. The van der Waals surface area contributed by atoms with Crippen molar-refractivity contribution >= 4 is 5.82 Å². The summed E-state index contributed by atoms with van der Waals surface area (Å²) in [6.07, 6.45) is 3.53. The van der Waals surface area contributed by atoms with Gasteiger partial charge < -0.3 is 10.3 Å². The minimum atomic E-state index is -0.0555. The Morgan fingerprint density at radius 2 is 1.76 bits per heavy atom. The lowest BCUT2D eigenvalue weighted by molar-refractivity contribution is 0.779. The lowest BCUT2D eigenvalue weighted by Gasteiger charge is -2.11. The number of benzene rings is 1. The molecule has 2 N–H and O–H groups in total. The van der Waals surface area contributed by atoms with Crippen LogP contribution in [-0.2, 0) is 14.1 Å². The molecule has 106 valence electrons. The van der Waals surface area contributed by atoms with Crippen molar-refractivity contribution in [3.05, 3.63) is 59.1 Å². The zero-order valence-electron chi connectivity index (χ0n) is 11.9. The van der Waals surface area contributed by atoms with Gasteiger partial charge in [0, 0.05) is 37.5 Å². The summed E-state index contributed by atoms with van der Waals surface area (Å²) >= 11 is 0. The fourth-order valence-corrected chi connectivity index (χ4v) is 2.36. The van der Waals surface area contributed by atoms with Crippen molar-refractivity contribution in [2.24, 2.45) is 14.1 Å². The van der Waals surface area contributed by atoms with Gasteiger partial charge in [0.25, 0.3) is 5.56 Å². The second kappa shape index (κ2) is 4.94. The molecule has 3 rings (SSSR count). The zero-order chi connectivity index (χ0) is 15.0. The zero-order valence-corrected chi connectivity index (χ0v) is 11.9. The molecule has 5 nitrogen and oxygen atoms in total. The molecule has 0 aliphatic heterocycles. The third-order valence-electron chi connectivity index (χ3n) is 3.59. The van der Waals surface area contributed by atoms with E-state index >= 15 is 0 Å². The summed E-state index contributed by atoms with van der Waals surface area (Å²) < 4.78 is 3.17. The highest BCUT2D eigenvalue weighted by Crippen LogP contribution is 2.33. The molecular formula is C16H16N4O. The SMILES string of the molecule is Cn1ncc(-c2cn(C)c(=O)cc2-c2ccccc2)c1N. The van der Waals surface area contributed by atoms with Gasteiger partial charge in [-0.1, -0.05) is 30.3 Å². The van der Waals surface area contributed by atoms with E-state index in [1.54, 1.807) is 41.8 Å². The number of hydrogen-bond acceptors (Lipinski definition) is 3. The van der Waals surface area contributed by atoms with Crippen molar-refractivity contribution in [1.29, 1.82) is 0 Å². The van der Waals surface area contributed by atoms with Gasteiger partial charge in [0.15, 0.2) is 0 Å². The summed E-state index contributed by atoms with van der Waals surface area (Å²) in [5, 5.41) is 4.18. The fraction of sp³-hybridized carbons (Fsp3) is 0.125. The molecule has 0 unspecified atom stereocenters. The van der Waals surface area contributed by atoms with E-state index in [4.69, 9.17) is 5.73 Å². The van der Waals surface area contributed by atoms with Crippen LogP contribution in [0.4, 0.5) is 5.82 Å². The summed E-state index contributed by atoms with van der Waals surface area (Å²) in [6, 6.07) is 11.4. The Hall–Kier alpha value is -2.82. The van der Waals surface area contributed by atoms with Crippen LogP contribution in [0.15, 0.2) is 53.6 Å². The van der Waals surface area contributed by atoms with Gasteiger partial charge in [-0.15, -0.1) is 0 Å². The molecule has 0 aliphatic carbocycles. The smallest absolute Gasteiger partial charge is 0.250 e. The first-order valence-corrected chi connectivity index (χ1v) is 6.62. The van der Waals surface area contributed by atoms with Gasteiger partial charge in [0.2, 0.25) is 0 Å². The van der Waals surface area contributed by atoms with Crippen LogP contribution >= 0.6 is 0 Å². The number of hydrogen-bond donors (Lipinski definition) is 1. The van der Waals surface area contributed by atoms with E-state index in [2.05, 4.69) is 5.10 Å². The van der Waals surface area contributed by atoms with Gasteiger partial charge in [-0.2, -0.15) is 5.10 Å². The summed E-state index contributed by atoms with van der Waals surface area (Å²) in [5.41, 5.74) is 9.59. The molecule has 0 bridgehead atoms. The van der Waals surface area contributed by atoms with Crippen LogP contribution in [0.2, 0.25) is 0 Å². The molecule has 0 saturated carbocycles. The van der Waals surface area contributed by atoms with Crippen LogP contribution < -0.4 is 11.3 Å². The number of nitrogen functional groups attached to an aromatic ring is 1. The van der Waals surface area contributed by atoms with E-state index in [0.717, 1.165) is 22.3 Å². The molecule has 2 heterocycles. The second-order valence-corrected chi connectivity index (χ2v) is 4.98. The van der Waals surface area contributed by atoms with Gasteiger partial charge in [0.05, 0.1) is 6.20 Å². The first-order chi connectivity index (χ1) is 10.1. The van der Waals surface area contributed by atoms with E-state index < -0.39 is 0 Å². The van der Waals surface area contributed by atoms with Crippen LogP contribution in [-0.4, -0.2) is 14.3 Å². The minimum absolute atomic E-state index is 0.0555. The van der Waals surface area contributed by atoms with Crippen LogP contribution in [0.5, 0.6) is 0 Å². The first kappa shape index (κ1) is 13.2. The number of nitrogens with two attached hydrogens (primary N) is 1. The molecule has 0 radical (unpaired) electrons. The summed E-state index contributed by atoms with van der Waals surface area (Å²) in [4.78, 5) is 12.0. The third kappa shape index (κ3) is 2.23. The Morgan fingerprint density at radius 1 is 1.05 bits per heavy atom. The van der Waals surface area contributed by atoms with Gasteiger partial charge >= 0.3 is 0 Å². The van der Waals surface area contributed by atoms with Gasteiger partial charge in [-0.25, -0.2) is 0 Å². The molecule has 0 amide bonds. The van der Waals surface area contributed by atoms with Crippen molar-refractivity contribution < 1.29 is 0 Å². The number of aryl methyl sites for hydroxylation is 2. The predicted octanol–water partition coefficient (Wildman–Crippen LogP) is 2.04. The minimum Gasteiger partial charge on any atom is -0.383 e. The topological polar surface area (TPSA) is 65.8 Å². The van der Waals surface area contributed by atoms with Gasteiger partial charge in [0.1, 0.15) is 5.82 Å². The Labute approximate surface area is 122 Å². The first-order valence-electron chi connectivity index (χ1n) is 6.62. The maximum atomic E-state index is 12.0. The number of aromatic nitrogens is 3. The third-order valence-corrected chi connectivity index (χ3v) is 3.59. The van der Waals surface area contributed by atoms with Crippen LogP contribution in [0.3, 0.4) is 0 Å². The monoisotopic (exact) mass is 280 g/mol. The lowest BCUT2D eigenvalue weighted by atomic mass is 9.98. The Bertz CT molecular complexity index is 846. The number of rotatable bonds is 2. The Balaban J connectivity index is 2.32. The lowest BCUT2D eigenvalue weighted by Crippen LogP contribution is -2.15. The highest BCUT2D eigenvalue weighted by atomic mass is 16.1. The number of anilines is 1. The van der Waals surface area contributed by atoms with Crippen molar-refractivity contribution in [3.8, 4) is 22.3 Å². The fourth-order valence-electron chi connectivity index (χ4n) is 2.36. The number of pyridine rings is 1. The Kier molecular flexibility index (Phi) is 3.10. The second-order valence-electron chi connectivity index (χ2n) is 4.98.